The van der Waals surface area contributed by atoms with Gasteiger partial charge in [0.1, 0.15) is 17.1 Å². The molecular weight excluding hydrogens is 380 g/mol. The molecule has 1 amide bonds. The Morgan fingerprint density at radius 1 is 1.46 bits per heavy atom. The molecule has 26 heavy (non-hydrogen) atoms. The van der Waals surface area contributed by atoms with Crippen molar-refractivity contribution in [3.05, 3.63) is 29.7 Å². The summed E-state index contributed by atoms with van der Waals surface area (Å²) in [7, 11) is 0. The topological polar surface area (TPSA) is 158 Å². The molecule has 0 aromatic carbocycles. The maximum atomic E-state index is 11.9. The first-order chi connectivity index (χ1) is 12.5. The molecule has 0 radical (unpaired) electrons. The molecule has 136 valence electrons. The van der Waals surface area contributed by atoms with Crippen molar-refractivity contribution < 1.29 is 14.7 Å². The number of nitrogens with zero attached hydrogens (tertiary/aromatic N) is 6. The SMILES string of the molecule is NC1C(=O)N2C(C(=O)O)=C(CSc3nnc(-n4cccn4)n3N)CSC12. The van der Waals surface area contributed by atoms with E-state index in [1.165, 1.54) is 37.8 Å². The number of carbonyl (C=O) groups is 2. The van der Waals surface area contributed by atoms with E-state index in [-0.39, 0.29) is 17.0 Å². The largest absolute Gasteiger partial charge is 0.477 e. The molecule has 0 saturated carbocycles. The van der Waals surface area contributed by atoms with Gasteiger partial charge in [0.05, 0.1) is 0 Å². The molecule has 0 spiro atoms. The number of β-lactam (4-membered cyclic amide) rings is 1. The summed E-state index contributed by atoms with van der Waals surface area (Å²) in [4.78, 5) is 24.9. The number of nitrogen functional groups attached to an aromatic ring is 1. The fourth-order valence-electron chi connectivity index (χ4n) is 2.75. The fraction of sp³-hybridized carbons (Fsp3) is 0.308. The van der Waals surface area contributed by atoms with E-state index in [2.05, 4.69) is 15.3 Å². The lowest BCUT2D eigenvalue weighted by Gasteiger charge is -2.48. The van der Waals surface area contributed by atoms with Gasteiger partial charge in [0, 0.05) is 23.9 Å². The number of amides is 1. The van der Waals surface area contributed by atoms with Gasteiger partial charge in [-0.2, -0.15) is 5.10 Å². The van der Waals surface area contributed by atoms with Crippen LogP contribution in [0, 0.1) is 0 Å². The van der Waals surface area contributed by atoms with Crippen LogP contribution < -0.4 is 11.6 Å². The normalized spacial score (nSPS) is 22.3. The van der Waals surface area contributed by atoms with Crippen molar-refractivity contribution in [2.45, 2.75) is 16.6 Å². The highest BCUT2D eigenvalue weighted by Crippen LogP contribution is 2.40. The van der Waals surface area contributed by atoms with Crippen LogP contribution in [0.4, 0.5) is 0 Å². The molecular formula is C13H14N8O3S2. The van der Waals surface area contributed by atoms with Gasteiger partial charge in [-0.25, -0.2) is 14.2 Å². The van der Waals surface area contributed by atoms with E-state index in [9.17, 15) is 14.7 Å². The molecule has 2 aliphatic heterocycles. The summed E-state index contributed by atoms with van der Waals surface area (Å²) >= 11 is 2.70. The van der Waals surface area contributed by atoms with Gasteiger partial charge in [-0.05, 0) is 11.6 Å². The molecule has 1 saturated heterocycles. The molecule has 0 aliphatic carbocycles. The number of rotatable bonds is 5. The number of hydrogen-bond donors (Lipinski definition) is 3. The third-order valence-electron chi connectivity index (χ3n) is 4.02. The van der Waals surface area contributed by atoms with Gasteiger partial charge >= 0.3 is 5.97 Å². The van der Waals surface area contributed by atoms with Gasteiger partial charge in [0.15, 0.2) is 0 Å². The van der Waals surface area contributed by atoms with Gasteiger partial charge in [-0.15, -0.1) is 22.0 Å². The van der Waals surface area contributed by atoms with E-state index in [0.29, 0.717) is 28.2 Å². The van der Waals surface area contributed by atoms with Crippen LogP contribution in [0.3, 0.4) is 0 Å². The second-order valence-corrected chi connectivity index (χ2v) is 7.63. The Balaban J connectivity index is 1.56. The number of carboxylic acids is 1. The van der Waals surface area contributed by atoms with Crippen molar-refractivity contribution in [1.29, 1.82) is 0 Å². The number of thioether (sulfide) groups is 2. The van der Waals surface area contributed by atoms with Crippen molar-refractivity contribution >= 4 is 35.4 Å². The lowest BCUT2D eigenvalue weighted by Crippen LogP contribution is -2.68. The van der Waals surface area contributed by atoms with Crippen molar-refractivity contribution in [3.8, 4) is 5.95 Å². The first kappa shape index (κ1) is 16.9. The third kappa shape index (κ3) is 2.55. The Hall–Kier alpha value is -2.51. The molecule has 11 nitrogen and oxygen atoms in total. The van der Waals surface area contributed by atoms with Crippen LogP contribution in [0.2, 0.25) is 0 Å². The van der Waals surface area contributed by atoms with Crippen LogP contribution in [0.15, 0.2) is 34.9 Å². The lowest BCUT2D eigenvalue weighted by atomic mass is 10.0. The van der Waals surface area contributed by atoms with Crippen LogP contribution in [0.25, 0.3) is 5.95 Å². The number of carboxylic acid groups (broad SMARTS) is 1. The maximum absolute atomic E-state index is 11.9. The minimum absolute atomic E-state index is 0.00309. The minimum atomic E-state index is -1.14. The summed E-state index contributed by atoms with van der Waals surface area (Å²) in [6, 6.07) is 1.09. The average molecular weight is 394 g/mol. The molecule has 0 bridgehead atoms. The second kappa shape index (κ2) is 6.34. The summed E-state index contributed by atoms with van der Waals surface area (Å²) < 4.78 is 2.75. The van der Waals surface area contributed by atoms with Crippen LogP contribution in [0.5, 0.6) is 0 Å². The molecule has 13 heteroatoms. The molecule has 2 atom stereocenters. The predicted molar refractivity (Wildman–Crippen MR) is 93.7 cm³/mol. The average Bonchev–Trinajstić information content (AvgIpc) is 3.28. The molecule has 1 fully saturated rings. The summed E-state index contributed by atoms with van der Waals surface area (Å²) in [5.74, 6) is 5.61. The predicted octanol–water partition coefficient (Wildman–Crippen LogP) is -1.15. The highest BCUT2D eigenvalue weighted by Gasteiger charge is 2.51. The fourth-order valence-corrected chi connectivity index (χ4v) is 5.04. The third-order valence-corrected chi connectivity index (χ3v) is 6.41. The van der Waals surface area contributed by atoms with E-state index in [4.69, 9.17) is 11.6 Å². The quantitative estimate of drug-likeness (QED) is 0.321. The van der Waals surface area contributed by atoms with E-state index in [1.54, 1.807) is 18.5 Å². The van der Waals surface area contributed by atoms with E-state index in [1.807, 2.05) is 0 Å². The highest BCUT2D eigenvalue weighted by molar-refractivity contribution is 8.01. The number of aromatic nitrogens is 5. The summed E-state index contributed by atoms with van der Waals surface area (Å²) in [6.45, 7) is 0. The van der Waals surface area contributed by atoms with Crippen molar-refractivity contribution in [2.75, 3.05) is 17.3 Å². The van der Waals surface area contributed by atoms with Gasteiger partial charge < -0.3 is 16.7 Å². The Morgan fingerprint density at radius 2 is 2.27 bits per heavy atom. The van der Waals surface area contributed by atoms with Crippen molar-refractivity contribution in [3.63, 3.8) is 0 Å². The monoisotopic (exact) mass is 394 g/mol. The van der Waals surface area contributed by atoms with Gasteiger partial charge in [-0.3, -0.25) is 9.69 Å². The van der Waals surface area contributed by atoms with Gasteiger partial charge in [-0.1, -0.05) is 11.8 Å². The zero-order chi connectivity index (χ0) is 18.4. The first-order valence-corrected chi connectivity index (χ1v) is 9.51. The molecule has 5 N–H and O–H groups in total. The maximum Gasteiger partial charge on any atom is 0.352 e. The van der Waals surface area contributed by atoms with Crippen molar-refractivity contribution in [2.24, 2.45) is 5.73 Å². The zero-order valence-corrected chi connectivity index (χ0v) is 14.9. The minimum Gasteiger partial charge on any atom is -0.477 e. The Bertz CT molecular complexity index is 909. The molecule has 2 unspecified atom stereocenters. The number of nitrogens with two attached hydrogens (primary N) is 2. The summed E-state index contributed by atoms with van der Waals surface area (Å²) in [6.07, 6.45) is 3.28. The molecule has 4 rings (SSSR count). The van der Waals surface area contributed by atoms with E-state index < -0.39 is 12.0 Å². The number of fused-ring (bicyclic) bond motifs is 1. The number of aliphatic carboxylic acids is 1. The van der Waals surface area contributed by atoms with Crippen LogP contribution in [-0.4, -0.2) is 69.5 Å². The lowest BCUT2D eigenvalue weighted by molar-refractivity contribution is -0.147. The Labute approximate surface area is 155 Å². The first-order valence-electron chi connectivity index (χ1n) is 7.48. The van der Waals surface area contributed by atoms with Crippen LogP contribution in [0.1, 0.15) is 0 Å². The van der Waals surface area contributed by atoms with E-state index >= 15 is 0 Å². The van der Waals surface area contributed by atoms with Crippen LogP contribution in [-0.2, 0) is 9.59 Å². The molecule has 2 aromatic heterocycles. The number of hydrogen-bond acceptors (Lipinski definition) is 9. The zero-order valence-electron chi connectivity index (χ0n) is 13.2. The summed E-state index contributed by atoms with van der Waals surface area (Å²) in [5, 5.41) is 21.7. The van der Waals surface area contributed by atoms with Crippen LogP contribution >= 0.6 is 23.5 Å². The standard InChI is InChI=1S/C13H14N8O3S2/c14-7-9(22)20-8(11(23)24)6(4-25-10(7)20)5-26-13-18-17-12(21(13)15)19-3-1-2-16-19/h1-3,7,10H,4-5,14-15H2,(H,23,24). The number of carbonyl (C=O) groups excluding carboxylic acids is 1. The summed E-state index contributed by atoms with van der Waals surface area (Å²) in [5.41, 5.74) is 6.36. The highest BCUT2D eigenvalue weighted by atomic mass is 32.2. The van der Waals surface area contributed by atoms with E-state index in [0.717, 1.165) is 0 Å². The Kier molecular flexibility index (Phi) is 4.13. The van der Waals surface area contributed by atoms with Crippen molar-refractivity contribution in [1.82, 2.24) is 29.6 Å². The molecule has 2 aromatic rings. The molecule has 4 heterocycles. The van der Waals surface area contributed by atoms with Gasteiger partial charge in [0.25, 0.3) is 5.95 Å². The second-order valence-electron chi connectivity index (χ2n) is 5.58. The Morgan fingerprint density at radius 3 is 2.96 bits per heavy atom. The smallest absolute Gasteiger partial charge is 0.352 e. The molecule has 2 aliphatic rings. The van der Waals surface area contributed by atoms with Gasteiger partial charge in [0.2, 0.25) is 11.1 Å².